The molecule has 0 aliphatic rings. The van der Waals surface area contributed by atoms with E-state index in [1.165, 1.54) is 0 Å². The number of aryl methyl sites for hydroxylation is 1. The molecule has 21 heavy (non-hydrogen) atoms. The fraction of sp³-hybridized carbons (Fsp3) is 0.571. The van der Waals surface area contributed by atoms with Gasteiger partial charge in [0.25, 0.3) is 0 Å². The zero-order valence-corrected chi connectivity index (χ0v) is 13.2. The SMILES string of the molecule is CCCn1cc(-c2nc(NC)nc(N(CC)CC)n2)cn1. The standard InChI is InChI=1S/C14H23N7/c1-5-8-21-10-11(9-16-21)12-17-13(15-4)19-14(18-12)20(6-2)7-3/h9-10H,5-8H2,1-4H3,(H,15,17,18,19). The third kappa shape index (κ3) is 3.48. The lowest BCUT2D eigenvalue weighted by Gasteiger charge is -2.19. The maximum absolute atomic E-state index is 4.58. The molecule has 0 bridgehead atoms. The molecular formula is C14H23N7. The first kappa shape index (κ1) is 15.2. The van der Waals surface area contributed by atoms with Crippen molar-refractivity contribution in [2.24, 2.45) is 0 Å². The summed E-state index contributed by atoms with van der Waals surface area (Å²) in [5, 5.41) is 7.33. The van der Waals surface area contributed by atoms with Crippen molar-refractivity contribution < 1.29 is 0 Å². The quantitative estimate of drug-likeness (QED) is 0.841. The van der Waals surface area contributed by atoms with Crippen molar-refractivity contribution in [3.63, 3.8) is 0 Å². The highest BCUT2D eigenvalue weighted by Gasteiger charge is 2.13. The van der Waals surface area contributed by atoms with Gasteiger partial charge in [0.1, 0.15) is 0 Å². The molecule has 0 radical (unpaired) electrons. The second kappa shape index (κ2) is 7.01. The van der Waals surface area contributed by atoms with Gasteiger partial charge in [0, 0.05) is 32.9 Å². The van der Waals surface area contributed by atoms with E-state index < -0.39 is 0 Å². The van der Waals surface area contributed by atoms with Crippen molar-refractivity contribution in [3.05, 3.63) is 12.4 Å². The van der Waals surface area contributed by atoms with E-state index in [9.17, 15) is 0 Å². The lowest BCUT2D eigenvalue weighted by molar-refractivity contribution is 0.603. The van der Waals surface area contributed by atoms with Gasteiger partial charge in [-0.25, -0.2) is 0 Å². The van der Waals surface area contributed by atoms with Crippen LogP contribution in [0.25, 0.3) is 11.4 Å². The summed E-state index contributed by atoms with van der Waals surface area (Å²) in [6.07, 6.45) is 4.82. The molecule has 0 saturated carbocycles. The minimum atomic E-state index is 0.574. The lowest BCUT2D eigenvalue weighted by Crippen LogP contribution is -2.25. The Morgan fingerprint density at radius 2 is 1.90 bits per heavy atom. The van der Waals surface area contributed by atoms with Crippen LogP contribution in [-0.4, -0.2) is 44.9 Å². The Balaban J connectivity index is 2.39. The van der Waals surface area contributed by atoms with Gasteiger partial charge in [0.15, 0.2) is 5.82 Å². The number of aromatic nitrogens is 5. The first-order chi connectivity index (χ1) is 10.2. The lowest BCUT2D eigenvalue weighted by atomic mass is 10.3. The predicted molar refractivity (Wildman–Crippen MR) is 84.4 cm³/mol. The molecule has 0 spiro atoms. The fourth-order valence-electron chi connectivity index (χ4n) is 2.08. The van der Waals surface area contributed by atoms with Crippen LogP contribution in [0.3, 0.4) is 0 Å². The van der Waals surface area contributed by atoms with Crippen LogP contribution in [0.15, 0.2) is 12.4 Å². The van der Waals surface area contributed by atoms with Gasteiger partial charge in [-0.2, -0.15) is 20.1 Å². The highest BCUT2D eigenvalue weighted by atomic mass is 15.3. The van der Waals surface area contributed by atoms with Crippen LogP contribution in [-0.2, 0) is 6.54 Å². The van der Waals surface area contributed by atoms with Gasteiger partial charge < -0.3 is 10.2 Å². The van der Waals surface area contributed by atoms with Crippen LogP contribution in [0.1, 0.15) is 27.2 Å². The molecule has 2 rings (SSSR count). The molecule has 7 nitrogen and oxygen atoms in total. The number of hydrogen-bond donors (Lipinski definition) is 1. The van der Waals surface area contributed by atoms with E-state index in [1.807, 2.05) is 17.9 Å². The average molecular weight is 289 g/mol. The van der Waals surface area contributed by atoms with Gasteiger partial charge in [-0.05, 0) is 20.3 Å². The largest absolute Gasteiger partial charge is 0.357 e. The van der Waals surface area contributed by atoms with E-state index in [-0.39, 0.29) is 0 Å². The summed E-state index contributed by atoms with van der Waals surface area (Å²) >= 11 is 0. The molecule has 0 aromatic carbocycles. The molecule has 0 saturated heterocycles. The minimum absolute atomic E-state index is 0.574. The topological polar surface area (TPSA) is 71.8 Å². The van der Waals surface area contributed by atoms with Crippen molar-refractivity contribution in [1.29, 1.82) is 0 Å². The number of anilines is 2. The van der Waals surface area contributed by atoms with E-state index in [0.717, 1.165) is 31.6 Å². The molecule has 0 atom stereocenters. The van der Waals surface area contributed by atoms with Crippen molar-refractivity contribution >= 4 is 11.9 Å². The molecule has 0 unspecified atom stereocenters. The smallest absolute Gasteiger partial charge is 0.230 e. The molecule has 2 heterocycles. The third-order valence-electron chi connectivity index (χ3n) is 3.24. The van der Waals surface area contributed by atoms with Gasteiger partial charge in [0.2, 0.25) is 11.9 Å². The summed E-state index contributed by atoms with van der Waals surface area (Å²) in [5.41, 5.74) is 0.913. The first-order valence-corrected chi connectivity index (χ1v) is 7.43. The maximum Gasteiger partial charge on any atom is 0.230 e. The Morgan fingerprint density at radius 3 is 2.52 bits per heavy atom. The number of hydrogen-bond acceptors (Lipinski definition) is 6. The monoisotopic (exact) mass is 289 g/mol. The summed E-state index contributed by atoms with van der Waals surface area (Å²) in [7, 11) is 1.81. The van der Waals surface area contributed by atoms with E-state index >= 15 is 0 Å². The Hall–Kier alpha value is -2.18. The second-order valence-electron chi connectivity index (χ2n) is 4.70. The zero-order chi connectivity index (χ0) is 15.2. The van der Waals surface area contributed by atoms with Crippen molar-refractivity contribution in [2.75, 3.05) is 30.4 Å². The Labute approximate surface area is 125 Å². The normalized spacial score (nSPS) is 10.7. The molecule has 0 aliphatic heterocycles. The van der Waals surface area contributed by atoms with Crippen LogP contribution in [0.5, 0.6) is 0 Å². The van der Waals surface area contributed by atoms with Gasteiger partial charge in [-0.15, -0.1) is 0 Å². The summed E-state index contributed by atoms with van der Waals surface area (Å²) in [6.45, 7) is 8.92. The highest BCUT2D eigenvalue weighted by Crippen LogP contribution is 2.19. The van der Waals surface area contributed by atoms with Crippen molar-refractivity contribution in [3.8, 4) is 11.4 Å². The van der Waals surface area contributed by atoms with Crippen LogP contribution in [0.4, 0.5) is 11.9 Å². The molecule has 0 fully saturated rings. The summed E-state index contributed by atoms with van der Waals surface area (Å²) in [4.78, 5) is 15.5. The molecular weight excluding hydrogens is 266 g/mol. The summed E-state index contributed by atoms with van der Waals surface area (Å²) < 4.78 is 1.91. The van der Waals surface area contributed by atoms with E-state index in [4.69, 9.17) is 0 Å². The van der Waals surface area contributed by atoms with E-state index in [2.05, 4.69) is 51.0 Å². The summed E-state index contributed by atoms with van der Waals surface area (Å²) in [5.74, 6) is 1.92. The summed E-state index contributed by atoms with van der Waals surface area (Å²) in [6, 6.07) is 0. The predicted octanol–water partition coefficient (Wildman–Crippen LogP) is 2.03. The highest BCUT2D eigenvalue weighted by molar-refractivity contribution is 5.56. The number of rotatable bonds is 7. The molecule has 114 valence electrons. The Morgan fingerprint density at radius 1 is 1.14 bits per heavy atom. The van der Waals surface area contributed by atoms with Crippen molar-refractivity contribution in [2.45, 2.75) is 33.7 Å². The average Bonchev–Trinajstić information content (AvgIpc) is 2.97. The van der Waals surface area contributed by atoms with E-state index in [1.54, 1.807) is 6.20 Å². The zero-order valence-electron chi connectivity index (χ0n) is 13.2. The van der Waals surface area contributed by atoms with Gasteiger partial charge in [-0.1, -0.05) is 6.92 Å². The Bertz CT molecular complexity index is 574. The molecule has 0 amide bonds. The fourth-order valence-corrected chi connectivity index (χ4v) is 2.08. The molecule has 0 aliphatic carbocycles. The molecule has 2 aromatic rings. The maximum atomic E-state index is 4.58. The number of nitrogens with one attached hydrogen (secondary N) is 1. The van der Waals surface area contributed by atoms with Gasteiger partial charge >= 0.3 is 0 Å². The van der Waals surface area contributed by atoms with Gasteiger partial charge in [0.05, 0.1) is 11.8 Å². The van der Waals surface area contributed by atoms with Gasteiger partial charge in [-0.3, -0.25) is 4.68 Å². The van der Waals surface area contributed by atoms with E-state index in [0.29, 0.717) is 17.7 Å². The van der Waals surface area contributed by atoms with Crippen LogP contribution in [0, 0.1) is 0 Å². The third-order valence-corrected chi connectivity index (χ3v) is 3.24. The Kier molecular flexibility index (Phi) is 5.08. The van der Waals surface area contributed by atoms with Crippen LogP contribution in [0.2, 0.25) is 0 Å². The molecule has 7 heteroatoms. The van der Waals surface area contributed by atoms with Crippen LogP contribution >= 0.6 is 0 Å². The first-order valence-electron chi connectivity index (χ1n) is 7.43. The minimum Gasteiger partial charge on any atom is -0.357 e. The second-order valence-corrected chi connectivity index (χ2v) is 4.70. The molecule has 1 N–H and O–H groups in total. The van der Waals surface area contributed by atoms with Crippen LogP contribution < -0.4 is 10.2 Å². The number of nitrogens with zero attached hydrogens (tertiary/aromatic N) is 6. The van der Waals surface area contributed by atoms with Crippen molar-refractivity contribution in [1.82, 2.24) is 24.7 Å². The molecule has 2 aromatic heterocycles.